The summed E-state index contributed by atoms with van der Waals surface area (Å²) in [5.41, 5.74) is -0.470. The number of hydrogen-bond donors (Lipinski definition) is 0. The Kier molecular flexibility index (Phi) is 3.20. The summed E-state index contributed by atoms with van der Waals surface area (Å²) in [5.74, 6) is -2.89. The zero-order valence-corrected chi connectivity index (χ0v) is 10.4. The van der Waals surface area contributed by atoms with Crippen LogP contribution in [-0.4, -0.2) is 16.0 Å². The molecule has 1 aliphatic heterocycles. The quantitative estimate of drug-likeness (QED) is 0.416. The average molecular weight is 289 g/mol. The van der Waals surface area contributed by atoms with E-state index < -0.39 is 23.6 Å². The molecule has 0 fully saturated rings. The van der Waals surface area contributed by atoms with Crippen molar-refractivity contribution in [2.24, 2.45) is 0 Å². The summed E-state index contributed by atoms with van der Waals surface area (Å²) in [4.78, 5) is 11.8. The normalized spacial score (nSPS) is 22.2. The van der Waals surface area contributed by atoms with Gasteiger partial charge in [-0.15, -0.1) is 0 Å². The van der Waals surface area contributed by atoms with Gasteiger partial charge in [-0.25, -0.2) is 4.79 Å². The highest BCUT2D eigenvalue weighted by Crippen LogP contribution is 2.46. The molecule has 1 aromatic carbocycles. The van der Waals surface area contributed by atoms with Crippen LogP contribution in [0.1, 0.15) is 11.5 Å². The lowest BCUT2D eigenvalue weighted by atomic mass is 9.86. The molecule has 0 radical (unpaired) electrons. The summed E-state index contributed by atoms with van der Waals surface area (Å²) in [6, 6.07) is 5.69. The molecule has 0 spiro atoms. The van der Waals surface area contributed by atoms with Gasteiger partial charge in [0.2, 0.25) is 5.69 Å². The van der Waals surface area contributed by atoms with E-state index >= 15 is 0 Å². The number of halogens is 3. The van der Waals surface area contributed by atoms with Gasteiger partial charge in [-0.1, -0.05) is 18.2 Å². The van der Waals surface area contributed by atoms with Crippen molar-refractivity contribution in [3.05, 3.63) is 40.8 Å². The highest BCUT2D eigenvalue weighted by Gasteiger charge is 2.53. The molecule has 1 aliphatic rings. The standard InChI is InChI=1S/C11H6F3NOS2/c12-11(13,14)9-6-3-1-2-4-8(6)15(18)10(16)7(9)5-17/h1-5,9H. The third-order valence-electron chi connectivity index (χ3n) is 2.66. The molecule has 7 heteroatoms. The molecule has 0 saturated heterocycles. The molecule has 1 heterocycles. The summed E-state index contributed by atoms with van der Waals surface area (Å²) in [6.45, 7) is 0. The number of amides is 1. The van der Waals surface area contributed by atoms with Gasteiger partial charge in [0.15, 0.2) is 0 Å². The Morgan fingerprint density at radius 3 is 2.50 bits per heavy atom. The van der Waals surface area contributed by atoms with E-state index in [-0.39, 0.29) is 11.3 Å². The van der Waals surface area contributed by atoms with Crippen LogP contribution in [0.2, 0.25) is 0 Å². The van der Waals surface area contributed by atoms with Crippen LogP contribution in [0.4, 0.5) is 18.9 Å². The first-order valence-corrected chi connectivity index (χ1v) is 5.71. The van der Waals surface area contributed by atoms with E-state index in [0.717, 1.165) is 9.35 Å². The zero-order chi connectivity index (χ0) is 13.5. The molecule has 1 aromatic rings. The minimum Gasteiger partial charge on any atom is -0.787 e. The molecule has 2 nitrogen and oxygen atoms in total. The first-order valence-electron chi connectivity index (χ1n) is 4.87. The summed E-state index contributed by atoms with van der Waals surface area (Å²) < 4.78 is 40.0. The molecule has 2 rings (SSSR count). The van der Waals surface area contributed by atoms with Gasteiger partial charge in [0.25, 0.3) is 12.4 Å². The van der Waals surface area contributed by atoms with Crippen molar-refractivity contribution >= 4 is 36.6 Å². The number of hydrogen-bond acceptors (Lipinski definition) is 3. The molecule has 1 atom stereocenters. The molecule has 1 unspecified atom stereocenters. The lowest BCUT2D eigenvalue weighted by Crippen LogP contribution is -2.34. The van der Waals surface area contributed by atoms with Crippen molar-refractivity contribution in [2.75, 3.05) is 0 Å². The topological polar surface area (TPSA) is 20.1 Å². The second-order valence-electron chi connectivity index (χ2n) is 3.71. The molecule has 0 aliphatic carbocycles. The first kappa shape index (κ1) is 13.1. The first-order chi connectivity index (χ1) is 8.38. The van der Waals surface area contributed by atoms with E-state index in [0.29, 0.717) is 0 Å². The largest absolute Gasteiger partial charge is 0.787 e. The average Bonchev–Trinajstić information content (AvgIpc) is 2.32. The molecule has 0 N–H and O–H groups in total. The van der Waals surface area contributed by atoms with Gasteiger partial charge in [-0.05, 0) is 3.95 Å². The van der Waals surface area contributed by atoms with Gasteiger partial charge >= 0.3 is 12.1 Å². The third kappa shape index (κ3) is 1.93. The van der Waals surface area contributed by atoms with Crippen LogP contribution in [0.25, 0.3) is 0 Å². The second kappa shape index (κ2) is 4.40. The number of carbonyl (C=O) groups is 1. The fraction of sp³-hybridized carbons (Fsp3) is 0.182. The van der Waals surface area contributed by atoms with Crippen molar-refractivity contribution in [1.82, 2.24) is 0 Å². The molecule has 0 saturated carbocycles. The predicted octanol–water partition coefficient (Wildman–Crippen LogP) is 2.68. The SMILES string of the molecule is O=C1C(=C[S-])C(C(F)(F)F)c2ccccc2[N+]1=S. The molecular formula is C11H6F3NOS2. The van der Waals surface area contributed by atoms with Crippen molar-refractivity contribution in [1.29, 1.82) is 0 Å². The van der Waals surface area contributed by atoms with E-state index in [2.05, 4.69) is 12.6 Å². The van der Waals surface area contributed by atoms with Crippen LogP contribution in [0.15, 0.2) is 35.2 Å². The minimum atomic E-state index is -4.58. The lowest BCUT2D eigenvalue weighted by molar-refractivity contribution is -0.341. The summed E-state index contributed by atoms with van der Waals surface area (Å²) in [7, 11) is 0. The van der Waals surface area contributed by atoms with E-state index in [4.69, 9.17) is 12.4 Å². The van der Waals surface area contributed by atoms with Crippen LogP contribution >= 0.6 is 0 Å². The minimum absolute atomic E-state index is 0.0456. The number of benzene rings is 1. The maximum absolute atomic E-state index is 13.1. The number of nitrogens with zero attached hydrogens (tertiary/aromatic N) is 1. The number of fused-ring (bicyclic) bond motifs is 1. The number of rotatable bonds is 0. The van der Waals surface area contributed by atoms with Gasteiger partial charge in [-0.3, -0.25) is 0 Å². The molecule has 94 valence electrons. The Balaban J connectivity index is 2.74. The molecule has 0 aromatic heterocycles. The van der Waals surface area contributed by atoms with Crippen LogP contribution in [0.5, 0.6) is 0 Å². The highest BCUT2D eigenvalue weighted by atomic mass is 32.1. The van der Waals surface area contributed by atoms with E-state index in [1.165, 1.54) is 24.3 Å². The number of para-hydroxylation sites is 1. The second-order valence-corrected chi connectivity index (χ2v) is 4.31. The highest BCUT2D eigenvalue weighted by molar-refractivity contribution is 7.62. The Morgan fingerprint density at radius 2 is 1.94 bits per heavy atom. The van der Waals surface area contributed by atoms with Gasteiger partial charge in [-0.2, -0.15) is 18.6 Å². The number of carbonyl (C=O) groups excluding carboxylic acids is 1. The van der Waals surface area contributed by atoms with E-state index in [9.17, 15) is 18.0 Å². The predicted molar refractivity (Wildman–Crippen MR) is 63.0 cm³/mol. The summed E-state index contributed by atoms with van der Waals surface area (Å²) >= 11 is 9.34. The van der Waals surface area contributed by atoms with Crippen LogP contribution < -0.4 is 0 Å². The lowest BCUT2D eigenvalue weighted by Gasteiger charge is -2.25. The molecule has 18 heavy (non-hydrogen) atoms. The Morgan fingerprint density at radius 1 is 1.33 bits per heavy atom. The molecule has 0 bridgehead atoms. The van der Waals surface area contributed by atoms with Gasteiger partial charge in [0.1, 0.15) is 5.92 Å². The summed E-state index contributed by atoms with van der Waals surface area (Å²) in [6.07, 6.45) is -4.58. The Bertz CT molecular complexity index is 566. The van der Waals surface area contributed by atoms with Crippen LogP contribution in [0.3, 0.4) is 0 Å². The fourth-order valence-electron chi connectivity index (χ4n) is 1.91. The monoisotopic (exact) mass is 289 g/mol. The Labute approximate surface area is 112 Å². The molecular weight excluding hydrogens is 283 g/mol. The third-order valence-corrected chi connectivity index (χ3v) is 3.28. The molecule has 1 amide bonds. The zero-order valence-electron chi connectivity index (χ0n) is 8.77. The smallest absolute Gasteiger partial charge is 0.433 e. The van der Waals surface area contributed by atoms with E-state index in [1.807, 2.05) is 0 Å². The van der Waals surface area contributed by atoms with E-state index in [1.54, 1.807) is 0 Å². The van der Waals surface area contributed by atoms with Crippen molar-refractivity contribution in [2.45, 2.75) is 12.1 Å². The van der Waals surface area contributed by atoms with Crippen molar-refractivity contribution in [3.63, 3.8) is 0 Å². The number of alkyl halides is 3. The maximum atomic E-state index is 13.1. The van der Waals surface area contributed by atoms with Crippen molar-refractivity contribution < 1.29 is 21.9 Å². The summed E-state index contributed by atoms with van der Waals surface area (Å²) in [5, 5.41) is 0.760. The van der Waals surface area contributed by atoms with Crippen molar-refractivity contribution in [3.8, 4) is 0 Å². The van der Waals surface area contributed by atoms with Gasteiger partial charge in [0, 0.05) is 11.6 Å². The van der Waals surface area contributed by atoms with Crippen LogP contribution in [-0.2, 0) is 29.8 Å². The van der Waals surface area contributed by atoms with Gasteiger partial charge < -0.3 is 12.6 Å². The maximum Gasteiger partial charge on any atom is 0.433 e. The van der Waals surface area contributed by atoms with Crippen LogP contribution in [0, 0.1) is 0 Å². The fourth-order valence-corrected chi connectivity index (χ4v) is 2.41. The van der Waals surface area contributed by atoms with Gasteiger partial charge in [0.05, 0.1) is 5.57 Å². The Hall–Kier alpha value is -1.34.